The molecule has 0 aliphatic carbocycles. The monoisotopic (exact) mass is 397 g/mol. The van der Waals surface area contributed by atoms with Crippen LogP contribution in [0.5, 0.6) is 0 Å². The molecular formula is C14H19BrF3N3O2. The van der Waals surface area contributed by atoms with Crippen molar-refractivity contribution in [3.05, 3.63) is 22.3 Å². The third-order valence-corrected chi connectivity index (χ3v) is 2.91. The summed E-state index contributed by atoms with van der Waals surface area (Å²) in [6, 6.07) is 0.967. The molecule has 0 radical (unpaired) electrons. The molecule has 0 aliphatic rings. The fraction of sp³-hybridized carbons (Fsp3) is 0.571. The lowest BCUT2D eigenvalue weighted by atomic mass is 10.2. The van der Waals surface area contributed by atoms with Crippen LogP contribution in [-0.2, 0) is 10.9 Å². The molecule has 2 N–H and O–H groups in total. The molecular weight excluding hydrogens is 379 g/mol. The summed E-state index contributed by atoms with van der Waals surface area (Å²) in [6.45, 7) is 5.73. The van der Waals surface area contributed by atoms with Gasteiger partial charge in [-0.25, -0.2) is 9.78 Å². The number of carbonyl (C=O) groups is 1. The number of hydrogen-bond acceptors (Lipinski definition) is 4. The van der Waals surface area contributed by atoms with Gasteiger partial charge in [0.1, 0.15) is 11.4 Å². The minimum absolute atomic E-state index is 0.230. The average molecular weight is 398 g/mol. The van der Waals surface area contributed by atoms with Crippen LogP contribution in [0.2, 0.25) is 0 Å². The lowest BCUT2D eigenvalue weighted by Gasteiger charge is -2.19. The predicted molar refractivity (Wildman–Crippen MR) is 84.3 cm³/mol. The topological polar surface area (TPSA) is 63.2 Å². The Labute approximate surface area is 141 Å². The molecule has 1 aromatic rings. The van der Waals surface area contributed by atoms with Gasteiger partial charge in [0.25, 0.3) is 0 Å². The Bertz CT molecular complexity index is 545. The van der Waals surface area contributed by atoms with E-state index in [-0.39, 0.29) is 23.4 Å². The first-order chi connectivity index (χ1) is 10.5. The van der Waals surface area contributed by atoms with Gasteiger partial charge in [-0.15, -0.1) is 0 Å². The molecule has 0 atom stereocenters. The Hall–Kier alpha value is -1.51. The molecule has 5 nitrogen and oxygen atoms in total. The molecule has 9 heteroatoms. The number of alkyl carbamates (subject to hydrolysis) is 1. The number of halogens is 4. The van der Waals surface area contributed by atoms with Crippen LogP contribution in [0.1, 0.15) is 32.8 Å². The summed E-state index contributed by atoms with van der Waals surface area (Å²) in [6.07, 6.45) is -3.34. The predicted octanol–water partition coefficient (Wildman–Crippen LogP) is 4.19. The number of alkyl halides is 3. The molecule has 0 aliphatic heterocycles. The van der Waals surface area contributed by atoms with E-state index >= 15 is 0 Å². The van der Waals surface area contributed by atoms with Gasteiger partial charge in [0.15, 0.2) is 0 Å². The van der Waals surface area contributed by atoms with Crippen molar-refractivity contribution in [2.24, 2.45) is 0 Å². The molecule has 0 unspecified atom stereocenters. The van der Waals surface area contributed by atoms with Gasteiger partial charge in [-0.2, -0.15) is 13.2 Å². The molecule has 130 valence electrons. The number of ether oxygens (including phenoxy) is 1. The second-order valence-corrected chi connectivity index (χ2v) is 6.67. The summed E-state index contributed by atoms with van der Waals surface area (Å²) >= 11 is 2.97. The second kappa shape index (κ2) is 7.85. The first-order valence-electron chi connectivity index (χ1n) is 6.92. The van der Waals surface area contributed by atoms with Gasteiger partial charge in [0.2, 0.25) is 0 Å². The van der Waals surface area contributed by atoms with Crippen LogP contribution in [0, 0.1) is 0 Å². The van der Waals surface area contributed by atoms with E-state index in [9.17, 15) is 18.0 Å². The van der Waals surface area contributed by atoms with Crippen LogP contribution in [0.3, 0.4) is 0 Å². The standard InChI is InChI=1S/C14H19BrF3N3O2/c1-13(2,3)23-12(22)20-6-4-5-19-11-10(14(16,17)18)7-9(15)8-21-11/h7-8H,4-6H2,1-3H3,(H,19,21)(H,20,22). The maximum Gasteiger partial charge on any atom is 0.419 e. The molecule has 23 heavy (non-hydrogen) atoms. The maximum absolute atomic E-state index is 12.9. The number of carbonyl (C=O) groups excluding carboxylic acids is 1. The highest BCUT2D eigenvalue weighted by atomic mass is 79.9. The number of hydrogen-bond donors (Lipinski definition) is 2. The number of aromatic nitrogens is 1. The summed E-state index contributed by atoms with van der Waals surface area (Å²) in [5.41, 5.74) is -1.43. The van der Waals surface area contributed by atoms with E-state index in [1.54, 1.807) is 20.8 Å². The van der Waals surface area contributed by atoms with Gasteiger partial charge in [-0.05, 0) is 49.2 Å². The van der Waals surface area contributed by atoms with Gasteiger partial charge in [0, 0.05) is 23.8 Å². The highest BCUT2D eigenvalue weighted by molar-refractivity contribution is 9.10. The normalized spacial score (nSPS) is 12.0. The number of nitrogens with zero attached hydrogens (tertiary/aromatic N) is 1. The zero-order valence-corrected chi connectivity index (χ0v) is 14.6. The zero-order valence-electron chi connectivity index (χ0n) is 13.1. The summed E-state index contributed by atoms with van der Waals surface area (Å²) in [5, 5.41) is 5.15. The van der Waals surface area contributed by atoms with Crippen LogP contribution >= 0.6 is 15.9 Å². The molecule has 0 bridgehead atoms. The van der Waals surface area contributed by atoms with E-state index in [2.05, 4.69) is 31.5 Å². The van der Waals surface area contributed by atoms with Crippen LogP contribution in [0.4, 0.5) is 23.8 Å². The fourth-order valence-corrected chi connectivity index (χ4v) is 1.93. The van der Waals surface area contributed by atoms with Crippen molar-refractivity contribution in [3.63, 3.8) is 0 Å². The minimum Gasteiger partial charge on any atom is -0.444 e. The van der Waals surface area contributed by atoms with Crippen molar-refractivity contribution in [3.8, 4) is 0 Å². The lowest BCUT2D eigenvalue weighted by Crippen LogP contribution is -2.33. The number of rotatable bonds is 5. The highest BCUT2D eigenvalue weighted by Crippen LogP contribution is 2.35. The van der Waals surface area contributed by atoms with E-state index in [1.807, 2.05) is 0 Å². The van der Waals surface area contributed by atoms with E-state index in [0.29, 0.717) is 6.42 Å². The summed E-state index contributed by atoms with van der Waals surface area (Å²) in [7, 11) is 0. The van der Waals surface area contributed by atoms with Crippen molar-refractivity contribution in [2.45, 2.75) is 39.0 Å². The highest BCUT2D eigenvalue weighted by Gasteiger charge is 2.34. The largest absolute Gasteiger partial charge is 0.444 e. The van der Waals surface area contributed by atoms with Crippen molar-refractivity contribution in [2.75, 3.05) is 18.4 Å². The average Bonchev–Trinajstić information content (AvgIpc) is 2.36. The zero-order chi connectivity index (χ0) is 17.7. The summed E-state index contributed by atoms with van der Waals surface area (Å²) < 4.78 is 44.0. The summed E-state index contributed by atoms with van der Waals surface area (Å²) in [4.78, 5) is 15.1. The first kappa shape index (κ1) is 19.5. The van der Waals surface area contributed by atoms with Crippen LogP contribution in [0.25, 0.3) is 0 Å². The first-order valence-corrected chi connectivity index (χ1v) is 7.72. The number of anilines is 1. The van der Waals surface area contributed by atoms with Crippen LogP contribution in [-0.4, -0.2) is 29.8 Å². The van der Waals surface area contributed by atoms with E-state index in [0.717, 1.165) is 6.07 Å². The third-order valence-electron chi connectivity index (χ3n) is 2.47. The van der Waals surface area contributed by atoms with Crippen LogP contribution in [0.15, 0.2) is 16.7 Å². The molecule has 1 amide bonds. The smallest absolute Gasteiger partial charge is 0.419 e. The Morgan fingerprint density at radius 3 is 2.52 bits per heavy atom. The minimum atomic E-state index is -4.49. The lowest BCUT2D eigenvalue weighted by molar-refractivity contribution is -0.137. The van der Waals surface area contributed by atoms with Crippen molar-refractivity contribution < 1.29 is 22.7 Å². The van der Waals surface area contributed by atoms with Gasteiger partial charge in [-0.3, -0.25) is 0 Å². The van der Waals surface area contributed by atoms with Crippen molar-refractivity contribution in [1.82, 2.24) is 10.3 Å². The van der Waals surface area contributed by atoms with Gasteiger partial charge in [-0.1, -0.05) is 0 Å². The Morgan fingerprint density at radius 1 is 1.30 bits per heavy atom. The fourth-order valence-electron chi connectivity index (χ4n) is 1.60. The molecule has 1 aromatic heterocycles. The number of amides is 1. The van der Waals surface area contributed by atoms with Crippen molar-refractivity contribution in [1.29, 1.82) is 0 Å². The molecule has 0 saturated carbocycles. The quantitative estimate of drug-likeness (QED) is 0.731. The van der Waals surface area contributed by atoms with E-state index < -0.39 is 23.4 Å². The number of pyridine rings is 1. The molecule has 0 spiro atoms. The molecule has 0 saturated heterocycles. The molecule has 1 heterocycles. The maximum atomic E-state index is 12.9. The van der Waals surface area contributed by atoms with Gasteiger partial charge in [0.05, 0.1) is 5.56 Å². The Morgan fingerprint density at radius 2 is 1.96 bits per heavy atom. The van der Waals surface area contributed by atoms with Crippen molar-refractivity contribution >= 4 is 27.8 Å². The van der Waals surface area contributed by atoms with Gasteiger partial charge >= 0.3 is 12.3 Å². The SMILES string of the molecule is CC(C)(C)OC(=O)NCCCNc1ncc(Br)cc1C(F)(F)F. The Balaban J connectivity index is 2.44. The van der Waals surface area contributed by atoms with Gasteiger partial charge < -0.3 is 15.4 Å². The summed E-state index contributed by atoms with van der Waals surface area (Å²) in [5.74, 6) is -0.238. The second-order valence-electron chi connectivity index (χ2n) is 5.76. The molecule has 1 rings (SSSR count). The van der Waals surface area contributed by atoms with E-state index in [4.69, 9.17) is 4.74 Å². The van der Waals surface area contributed by atoms with Crippen LogP contribution < -0.4 is 10.6 Å². The molecule has 0 aromatic carbocycles. The molecule has 0 fully saturated rings. The third kappa shape index (κ3) is 7.54. The Kier molecular flexibility index (Phi) is 6.67. The number of nitrogens with one attached hydrogen (secondary N) is 2. The van der Waals surface area contributed by atoms with E-state index in [1.165, 1.54) is 6.20 Å².